The number of halogens is 2. The van der Waals surface area contributed by atoms with Crippen LogP contribution < -0.4 is 4.74 Å². The van der Waals surface area contributed by atoms with E-state index in [0.717, 1.165) is 0 Å². The molecule has 0 amide bonds. The number of oxazole rings is 1. The lowest BCUT2D eigenvalue weighted by Gasteiger charge is -1.94. The molecule has 2 rings (SSSR count). The molecule has 0 bridgehead atoms. The van der Waals surface area contributed by atoms with Gasteiger partial charge in [-0.3, -0.25) is 10.1 Å². The monoisotopic (exact) mass is 230 g/mol. The van der Waals surface area contributed by atoms with E-state index in [9.17, 15) is 18.9 Å². The summed E-state index contributed by atoms with van der Waals surface area (Å²) in [4.78, 5) is 13.4. The van der Waals surface area contributed by atoms with Crippen LogP contribution in [0.4, 0.5) is 14.5 Å². The van der Waals surface area contributed by atoms with Crippen molar-refractivity contribution in [3.63, 3.8) is 0 Å². The van der Waals surface area contributed by atoms with E-state index in [2.05, 4.69) is 9.72 Å². The van der Waals surface area contributed by atoms with Crippen LogP contribution in [0.3, 0.4) is 0 Å². The average Bonchev–Trinajstić information content (AvgIpc) is 2.57. The highest BCUT2D eigenvalue weighted by molar-refractivity contribution is 5.82. The molecule has 0 N–H and O–H groups in total. The predicted molar refractivity (Wildman–Crippen MR) is 47.3 cm³/mol. The third-order valence-electron chi connectivity index (χ3n) is 1.76. The Hall–Kier alpha value is -2.25. The molecule has 6 nitrogen and oxygen atoms in total. The number of aromatic nitrogens is 1. The van der Waals surface area contributed by atoms with Gasteiger partial charge >= 0.3 is 12.7 Å². The highest BCUT2D eigenvalue weighted by Crippen LogP contribution is 2.28. The molecule has 0 atom stereocenters. The number of nitrogens with zero attached hydrogens (tertiary/aromatic N) is 2. The zero-order valence-electron chi connectivity index (χ0n) is 7.59. The van der Waals surface area contributed by atoms with Crippen LogP contribution in [0.2, 0.25) is 0 Å². The van der Waals surface area contributed by atoms with E-state index in [1.165, 1.54) is 18.2 Å². The van der Waals surface area contributed by atoms with Crippen LogP contribution in [-0.2, 0) is 0 Å². The second kappa shape index (κ2) is 3.72. The number of benzene rings is 1. The van der Waals surface area contributed by atoms with Crippen LogP contribution in [0, 0.1) is 10.1 Å². The van der Waals surface area contributed by atoms with Gasteiger partial charge in [0.05, 0.1) is 4.92 Å². The first kappa shape index (κ1) is 10.3. The summed E-state index contributed by atoms with van der Waals surface area (Å²) in [6, 6.07) is 3.92. The highest BCUT2D eigenvalue weighted by atomic mass is 19.3. The first-order chi connectivity index (χ1) is 7.58. The largest absolute Gasteiger partial charge is 0.409 e. The maximum atomic E-state index is 11.9. The highest BCUT2D eigenvalue weighted by Gasteiger charge is 2.19. The smallest absolute Gasteiger partial charge is 0.399 e. The molecule has 2 aromatic rings. The second-order valence-electron chi connectivity index (χ2n) is 2.74. The average molecular weight is 230 g/mol. The summed E-state index contributed by atoms with van der Waals surface area (Å²) in [5, 5.41) is 10.6. The summed E-state index contributed by atoms with van der Waals surface area (Å²) in [5.41, 5.74) is -0.432. The van der Waals surface area contributed by atoms with Crippen molar-refractivity contribution >= 4 is 16.8 Å². The Balaban J connectivity index is 2.52. The van der Waals surface area contributed by atoms with Gasteiger partial charge in [0.2, 0.25) is 0 Å². The standard InChI is InChI=1S/C8H4F2N2O4/c9-7(10)16-8-11-6-4(12(13)14)2-1-3-5(6)15-8/h1-3,7H. The Kier molecular flexibility index (Phi) is 2.39. The lowest BCUT2D eigenvalue weighted by molar-refractivity contribution is -0.383. The molecule has 0 aliphatic carbocycles. The Morgan fingerprint density at radius 1 is 1.50 bits per heavy atom. The van der Waals surface area contributed by atoms with Gasteiger partial charge in [-0.25, -0.2) is 0 Å². The molecule has 0 saturated heterocycles. The quantitative estimate of drug-likeness (QED) is 0.597. The minimum atomic E-state index is -3.09. The zero-order valence-corrected chi connectivity index (χ0v) is 7.59. The summed E-state index contributed by atoms with van der Waals surface area (Å²) >= 11 is 0. The predicted octanol–water partition coefficient (Wildman–Crippen LogP) is 2.34. The van der Waals surface area contributed by atoms with E-state index >= 15 is 0 Å². The Morgan fingerprint density at radius 3 is 2.88 bits per heavy atom. The molecule has 0 aliphatic heterocycles. The maximum Gasteiger partial charge on any atom is 0.399 e. The van der Waals surface area contributed by atoms with Crippen molar-refractivity contribution in [2.45, 2.75) is 6.61 Å². The third-order valence-corrected chi connectivity index (χ3v) is 1.76. The molecule has 0 aliphatic rings. The molecule has 8 heteroatoms. The van der Waals surface area contributed by atoms with Gasteiger partial charge in [0, 0.05) is 6.07 Å². The van der Waals surface area contributed by atoms with Crippen molar-refractivity contribution in [1.82, 2.24) is 4.98 Å². The van der Waals surface area contributed by atoms with Gasteiger partial charge in [-0.2, -0.15) is 13.8 Å². The normalized spacial score (nSPS) is 10.9. The third kappa shape index (κ3) is 1.76. The Labute approximate surface area is 86.6 Å². The zero-order chi connectivity index (χ0) is 11.7. The SMILES string of the molecule is O=[N+]([O-])c1cccc2oc(OC(F)F)nc12. The first-order valence-electron chi connectivity index (χ1n) is 4.06. The fourth-order valence-corrected chi connectivity index (χ4v) is 1.19. The number of nitro groups is 1. The molecule has 1 aromatic carbocycles. The minimum absolute atomic E-state index is 0.0184. The van der Waals surface area contributed by atoms with Gasteiger partial charge in [-0.15, -0.1) is 0 Å². The number of alkyl halides is 2. The number of para-hydroxylation sites is 1. The van der Waals surface area contributed by atoms with Crippen molar-refractivity contribution < 1.29 is 22.9 Å². The molecule has 16 heavy (non-hydrogen) atoms. The number of non-ortho nitro benzene ring substituents is 1. The topological polar surface area (TPSA) is 78.4 Å². The molecular formula is C8H4F2N2O4. The molecule has 1 aromatic heterocycles. The number of hydrogen-bond donors (Lipinski definition) is 0. The summed E-state index contributed by atoms with van der Waals surface area (Å²) in [6.07, 6.45) is -0.695. The molecule has 0 unspecified atom stereocenters. The summed E-state index contributed by atoms with van der Waals surface area (Å²) in [7, 11) is 0. The van der Waals surface area contributed by atoms with Gasteiger partial charge in [-0.1, -0.05) is 6.07 Å². The molecule has 0 radical (unpaired) electrons. The van der Waals surface area contributed by atoms with Crippen molar-refractivity contribution in [2.75, 3.05) is 0 Å². The minimum Gasteiger partial charge on any atom is -0.409 e. The summed E-state index contributed by atoms with van der Waals surface area (Å²) in [5.74, 6) is 0. The Bertz CT molecular complexity index is 540. The molecule has 0 fully saturated rings. The molecule has 0 spiro atoms. The lowest BCUT2D eigenvalue weighted by atomic mass is 10.3. The van der Waals surface area contributed by atoms with Crippen molar-refractivity contribution in [2.24, 2.45) is 0 Å². The number of nitro benzene ring substituents is 1. The fourth-order valence-electron chi connectivity index (χ4n) is 1.19. The molecule has 0 saturated carbocycles. The van der Waals surface area contributed by atoms with Gasteiger partial charge in [0.15, 0.2) is 11.1 Å². The van der Waals surface area contributed by atoms with Crippen molar-refractivity contribution in [3.8, 4) is 6.08 Å². The Morgan fingerprint density at radius 2 is 2.25 bits per heavy atom. The van der Waals surface area contributed by atoms with Crippen LogP contribution in [0.1, 0.15) is 0 Å². The lowest BCUT2D eigenvalue weighted by Crippen LogP contribution is -2.01. The van der Waals surface area contributed by atoms with Crippen LogP contribution in [0.15, 0.2) is 22.6 Å². The van der Waals surface area contributed by atoms with E-state index in [1.807, 2.05) is 0 Å². The van der Waals surface area contributed by atoms with E-state index in [4.69, 9.17) is 4.42 Å². The molecule has 84 valence electrons. The van der Waals surface area contributed by atoms with Gasteiger partial charge in [0.25, 0.3) is 5.69 Å². The number of ether oxygens (including phenoxy) is 1. The van der Waals surface area contributed by atoms with Gasteiger partial charge < -0.3 is 9.15 Å². The van der Waals surface area contributed by atoms with Crippen LogP contribution in [0.25, 0.3) is 11.1 Å². The van der Waals surface area contributed by atoms with E-state index in [-0.39, 0.29) is 16.8 Å². The maximum absolute atomic E-state index is 11.9. The van der Waals surface area contributed by atoms with Crippen molar-refractivity contribution in [1.29, 1.82) is 0 Å². The number of hydrogen-bond acceptors (Lipinski definition) is 5. The summed E-state index contributed by atoms with van der Waals surface area (Å²) in [6.45, 7) is -3.09. The van der Waals surface area contributed by atoms with Crippen LogP contribution in [0.5, 0.6) is 6.08 Å². The van der Waals surface area contributed by atoms with Crippen molar-refractivity contribution in [3.05, 3.63) is 28.3 Å². The van der Waals surface area contributed by atoms with Crippen LogP contribution >= 0.6 is 0 Å². The number of fused-ring (bicyclic) bond motifs is 1. The van der Waals surface area contributed by atoms with E-state index in [0.29, 0.717) is 0 Å². The first-order valence-corrected chi connectivity index (χ1v) is 4.06. The van der Waals surface area contributed by atoms with Gasteiger partial charge in [-0.05, 0) is 6.07 Å². The second-order valence-corrected chi connectivity index (χ2v) is 2.74. The summed E-state index contributed by atoms with van der Waals surface area (Å²) < 4.78 is 32.4. The van der Waals surface area contributed by atoms with Gasteiger partial charge in [0.1, 0.15) is 0 Å². The van der Waals surface area contributed by atoms with E-state index in [1.54, 1.807) is 0 Å². The van der Waals surface area contributed by atoms with E-state index < -0.39 is 17.6 Å². The fraction of sp³-hybridized carbons (Fsp3) is 0.125. The number of rotatable bonds is 3. The molecule has 1 heterocycles. The molecular weight excluding hydrogens is 226 g/mol. The van der Waals surface area contributed by atoms with Crippen LogP contribution in [-0.4, -0.2) is 16.5 Å².